The molecule has 0 aliphatic heterocycles. The first-order valence-corrected chi connectivity index (χ1v) is 6.19. The second-order valence-corrected chi connectivity index (χ2v) is 5.93. The lowest BCUT2D eigenvalue weighted by Crippen LogP contribution is -2.35. The molecular formula is C13H25NO2. The van der Waals surface area contributed by atoms with Crippen LogP contribution >= 0.6 is 0 Å². The van der Waals surface area contributed by atoms with Gasteiger partial charge in [-0.1, -0.05) is 20.8 Å². The van der Waals surface area contributed by atoms with Crippen molar-refractivity contribution in [2.75, 3.05) is 33.4 Å². The highest BCUT2D eigenvalue weighted by Crippen LogP contribution is 2.28. The predicted molar refractivity (Wildman–Crippen MR) is 65.5 cm³/mol. The van der Waals surface area contributed by atoms with Gasteiger partial charge in [0.25, 0.3) is 0 Å². The molecular weight excluding hydrogens is 202 g/mol. The van der Waals surface area contributed by atoms with Gasteiger partial charge in [-0.3, -0.25) is 9.69 Å². The first kappa shape index (κ1) is 13.7. The highest BCUT2D eigenvalue weighted by Gasteiger charge is 2.23. The van der Waals surface area contributed by atoms with Crippen LogP contribution in [0.1, 0.15) is 33.6 Å². The molecule has 0 saturated heterocycles. The second kappa shape index (κ2) is 5.78. The lowest BCUT2D eigenvalue weighted by molar-refractivity contribution is -0.127. The summed E-state index contributed by atoms with van der Waals surface area (Å²) in [4.78, 5) is 13.8. The van der Waals surface area contributed by atoms with Crippen molar-refractivity contribution in [3.63, 3.8) is 0 Å². The normalized spacial score (nSPS) is 16.8. The van der Waals surface area contributed by atoms with E-state index in [4.69, 9.17) is 4.74 Å². The largest absolute Gasteiger partial charge is 0.380 e. The fraction of sp³-hybridized carbons (Fsp3) is 0.923. The van der Waals surface area contributed by atoms with E-state index >= 15 is 0 Å². The molecule has 0 unspecified atom stereocenters. The molecule has 0 aromatic heterocycles. The minimum Gasteiger partial charge on any atom is -0.380 e. The zero-order valence-corrected chi connectivity index (χ0v) is 11.1. The zero-order valence-electron chi connectivity index (χ0n) is 11.1. The summed E-state index contributed by atoms with van der Waals surface area (Å²) in [5.41, 5.74) is -0.233. The highest BCUT2D eigenvalue weighted by atomic mass is 16.5. The number of hydrogen-bond acceptors (Lipinski definition) is 3. The lowest BCUT2D eigenvalue weighted by Gasteiger charge is -2.22. The Bertz CT molecular complexity index is 229. The quantitative estimate of drug-likeness (QED) is 0.623. The summed E-state index contributed by atoms with van der Waals surface area (Å²) in [6.07, 6.45) is 2.66. The van der Waals surface area contributed by atoms with Crippen LogP contribution in [0.15, 0.2) is 0 Å². The molecule has 0 amide bonds. The highest BCUT2D eigenvalue weighted by molar-refractivity contribution is 5.85. The van der Waals surface area contributed by atoms with Crippen LogP contribution in [0.4, 0.5) is 0 Å². The van der Waals surface area contributed by atoms with E-state index in [9.17, 15) is 4.79 Å². The molecule has 0 heterocycles. The summed E-state index contributed by atoms with van der Waals surface area (Å²) in [6.45, 7) is 8.91. The van der Waals surface area contributed by atoms with Crippen molar-refractivity contribution >= 4 is 5.78 Å². The molecule has 3 heteroatoms. The van der Waals surface area contributed by atoms with Crippen molar-refractivity contribution in [1.82, 2.24) is 4.90 Å². The molecule has 1 aliphatic carbocycles. The van der Waals surface area contributed by atoms with Crippen molar-refractivity contribution in [2.45, 2.75) is 33.6 Å². The average Bonchev–Trinajstić information content (AvgIpc) is 2.94. The Morgan fingerprint density at radius 3 is 2.50 bits per heavy atom. The van der Waals surface area contributed by atoms with Crippen LogP contribution in [0.3, 0.4) is 0 Å². The van der Waals surface area contributed by atoms with Gasteiger partial charge in [0.1, 0.15) is 0 Å². The second-order valence-electron chi connectivity index (χ2n) is 5.93. The summed E-state index contributed by atoms with van der Waals surface area (Å²) < 4.78 is 5.54. The van der Waals surface area contributed by atoms with Crippen LogP contribution in [0.25, 0.3) is 0 Å². The Kier molecular flexibility index (Phi) is 4.93. The van der Waals surface area contributed by atoms with Gasteiger partial charge in [-0.15, -0.1) is 0 Å². The number of carbonyl (C=O) groups excluding carboxylic acids is 1. The summed E-state index contributed by atoms with van der Waals surface area (Å²) in [5.74, 6) is 1.11. The van der Waals surface area contributed by atoms with E-state index in [0.717, 1.165) is 25.7 Å². The number of carbonyl (C=O) groups is 1. The maximum Gasteiger partial charge on any atom is 0.152 e. The summed E-state index contributed by atoms with van der Waals surface area (Å²) >= 11 is 0. The first-order chi connectivity index (χ1) is 7.39. The molecule has 0 atom stereocenters. The summed E-state index contributed by atoms with van der Waals surface area (Å²) in [7, 11) is 1.98. The van der Waals surface area contributed by atoms with E-state index in [0.29, 0.717) is 6.54 Å². The van der Waals surface area contributed by atoms with Crippen molar-refractivity contribution in [3.8, 4) is 0 Å². The first-order valence-electron chi connectivity index (χ1n) is 6.19. The molecule has 0 spiro atoms. The molecule has 0 aromatic rings. The monoisotopic (exact) mass is 227 g/mol. The molecule has 1 fully saturated rings. The number of ether oxygens (including phenoxy) is 1. The van der Waals surface area contributed by atoms with Crippen LogP contribution in [0, 0.1) is 11.3 Å². The Balaban J connectivity index is 2.04. The molecule has 0 radical (unpaired) electrons. The Morgan fingerprint density at radius 1 is 1.38 bits per heavy atom. The molecule has 1 saturated carbocycles. The van der Waals surface area contributed by atoms with Gasteiger partial charge >= 0.3 is 0 Å². The zero-order chi connectivity index (χ0) is 12.2. The topological polar surface area (TPSA) is 29.5 Å². The number of ketones is 1. The van der Waals surface area contributed by atoms with Crippen LogP contribution in [0.2, 0.25) is 0 Å². The standard InChI is InChI=1S/C13H25NO2/c1-13(2,3)12(15)9-14(4)7-8-16-10-11-5-6-11/h11H,5-10H2,1-4H3. The Hall–Kier alpha value is -0.410. The number of nitrogens with zero attached hydrogens (tertiary/aromatic N) is 1. The van der Waals surface area contributed by atoms with Gasteiger partial charge in [-0.2, -0.15) is 0 Å². The van der Waals surface area contributed by atoms with Gasteiger partial charge in [-0.25, -0.2) is 0 Å². The minimum atomic E-state index is -0.233. The van der Waals surface area contributed by atoms with Gasteiger partial charge in [0.05, 0.1) is 13.2 Å². The number of likely N-dealkylation sites (N-methyl/N-ethyl adjacent to an activating group) is 1. The van der Waals surface area contributed by atoms with Crippen molar-refractivity contribution in [1.29, 1.82) is 0 Å². The minimum absolute atomic E-state index is 0.233. The van der Waals surface area contributed by atoms with Gasteiger partial charge in [-0.05, 0) is 25.8 Å². The van der Waals surface area contributed by atoms with Crippen LogP contribution in [-0.2, 0) is 9.53 Å². The van der Waals surface area contributed by atoms with E-state index < -0.39 is 0 Å². The fourth-order valence-corrected chi connectivity index (χ4v) is 1.32. The molecule has 0 aromatic carbocycles. The maximum atomic E-state index is 11.7. The SMILES string of the molecule is CN(CCOCC1CC1)CC(=O)C(C)(C)C. The van der Waals surface area contributed by atoms with Crippen LogP contribution in [0.5, 0.6) is 0 Å². The molecule has 1 rings (SSSR count). The molecule has 16 heavy (non-hydrogen) atoms. The maximum absolute atomic E-state index is 11.7. The van der Waals surface area contributed by atoms with Crippen molar-refractivity contribution in [3.05, 3.63) is 0 Å². The molecule has 0 bridgehead atoms. The van der Waals surface area contributed by atoms with E-state index in [1.54, 1.807) is 0 Å². The van der Waals surface area contributed by atoms with Crippen molar-refractivity contribution in [2.24, 2.45) is 11.3 Å². The number of Topliss-reactive ketones (excluding diaryl/α,β-unsaturated/α-hetero) is 1. The summed E-state index contributed by atoms with van der Waals surface area (Å²) in [5, 5.41) is 0. The van der Waals surface area contributed by atoms with Crippen LogP contribution < -0.4 is 0 Å². The lowest BCUT2D eigenvalue weighted by atomic mass is 9.90. The summed E-state index contributed by atoms with van der Waals surface area (Å²) in [6, 6.07) is 0. The number of rotatable bonds is 7. The molecule has 94 valence electrons. The van der Waals surface area contributed by atoms with Gasteiger partial charge in [0.15, 0.2) is 5.78 Å². The van der Waals surface area contributed by atoms with E-state index in [2.05, 4.69) is 0 Å². The van der Waals surface area contributed by atoms with Gasteiger partial charge in [0, 0.05) is 18.6 Å². The molecule has 3 nitrogen and oxygen atoms in total. The predicted octanol–water partition coefficient (Wildman–Crippen LogP) is 1.96. The van der Waals surface area contributed by atoms with Gasteiger partial charge in [0.2, 0.25) is 0 Å². The number of hydrogen-bond donors (Lipinski definition) is 0. The average molecular weight is 227 g/mol. The Morgan fingerprint density at radius 2 is 2.00 bits per heavy atom. The third kappa shape index (κ3) is 5.61. The van der Waals surface area contributed by atoms with E-state index in [1.807, 2.05) is 32.7 Å². The van der Waals surface area contributed by atoms with E-state index in [-0.39, 0.29) is 11.2 Å². The fourth-order valence-electron chi connectivity index (χ4n) is 1.32. The van der Waals surface area contributed by atoms with Crippen LogP contribution in [-0.4, -0.2) is 44.0 Å². The third-order valence-corrected chi connectivity index (χ3v) is 2.92. The molecule has 0 N–H and O–H groups in total. The molecule has 1 aliphatic rings. The van der Waals surface area contributed by atoms with E-state index in [1.165, 1.54) is 12.8 Å². The Labute approximate surface area is 99.1 Å². The third-order valence-electron chi connectivity index (χ3n) is 2.92. The van der Waals surface area contributed by atoms with Gasteiger partial charge < -0.3 is 4.74 Å². The van der Waals surface area contributed by atoms with Crippen molar-refractivity contribution < 1.29 is 9.53 Å². The smallest absolute Gasteiger partial charge is 0.152 e.